The Morgan fingerprint density at radius 1 is 0.854 bits per heavy atom. The number of hydrogen-bond acceptors (Lipinski definition) is 6. The molecule has 2 aliphatic heterocycles. The van der Waals surface area contributed by atoms with E-state index in [1.807, 2.05) is 48.5 Å². The molecular formula is C33H31N5O3. The molecule has 2 aliphatic rings. The Bertz CT molecular complexity index is 1720. The van der Waals surface area contributed by atoms with Crippen LogP contribution in [-0.2, 0) is 0 Å². The highest BCUT2D eigenvalue weighted by molar-refractivity contribution is 6.25. The number of fused-ring (bicyclic) bond motifs is 1. The number of H-pyrrole nitrogens is 1. The number of aromatic nitrogens is 2. The van der Waals surface area contributed by atoms with Gasteiger partial charge in [-0.3, -0.25) is 14.5 Å². The number of carbonyl (C=O) groups is 2. The van der Waals surface area contributed by atoms with Crippen molar-refractivity contribution in [3.05, 3.63) is 90.0 Å². The van der Waals surface area contributed by atoms with Crippen molar-refractivity contribution in [2.24, 2.45) is 0 Å². The van der Waals surface area contributed by atoms with Gasteiger partial charge in [0.15, 0.2) is 0 Å². The number of likely N-dealkylation sites (N-methyl/N-ethyl adjacent to an activating group) is 1. The number of anilines is 1. The van der Waals surface area contributed by atoms with Crippen LogP contribution in [0.5, 0.6) is 5.75 Å². The SMILES string of the molecule is CN1CCN(c2ccc3nc(-c4ccc(OCCCN5C(=O)c6cccc7cccc(c67)C5=O)cc4)[nH]c3c2)CC1. The molecular weight excluding hydrogens is 514 g/mol. The molecule has 1 aromatic heterocycles. The van der Waals surface area contributed by atoms with E-state index in [-0.39, 0.29) is 11.8 Å². The second-order valence-electron chi connectivity index (χ2n) is 10.8. The number of piperazine rings is 1. The highest BCUT2D eigenvalue weighted by atomic mass is 16.5. The number of carbonyl (C=O) groups excluding carboxylic acids is 2. The minimum atomic E-state index is -0.245. The third-order valence-electron chi connectivity index (χ3n) is 8.11. The van der Waals surface area contributed by atoms with Crippen molar-refractivity contribution < 1.29 is 14.3 Å². The maximum absolute atomic E-state index is 13.1. The van der Waals surface area contributed by atoms with Crippen LogP contribution in [0.15, 0.2) is 78.9 Å². The molecule has 0 radical (unpaired) electrons. The summed E-state index contributed by atoms with van der Waals surface area (Å²) < 4.78 is 5.95. The molecule has 206 valence electrons. The normalized spacial score (nSPS) is 15.7. The minimum Gasteiger partial charge on any atom is -0.494 e. The number of benzene rings is 4. The average Bonchev–Trinajstić information content (AvgIpc) is 3.44. The summed E-state index contributed by atoms with van der Waals surface area (Å²) in [6, 6.07) is 25.4. The first-order chi connectivity index (χ1) is 20.0. The second kappa shape index (κ2) is 10.4. The van der Waals surface area contributed by atoms with Gasteiger partial charge in [-0.15, -0.1) is 0 Å². The van der Waals surface area contributed by atoms with Gasteiger partial charge >= 0.3 is 0 Å². The number of hydrogen-bond donors (Lipinski definition) is 1. The summed E-state index contributed by atoms with van der Waals surface area (Å²) >= 11 is 0. The Morgan fingerprint density at radius 2 is 1.56 bits per heavy atom. The molecule has 8 nitrogen and oxygen atoms in total. The third-order valence-corrected chi connectivity index (χ3v) is 8.11. The van der Waals surface area contributed by atoms with E-state index < -0.39 is 0 Å². The molecule has 0 bridgehead atoms. The lowest BCUT2D eigenvalue weighted by Gasteiger charge is -2.34. The topological polar surface area (TPSA) is 81.8 Å². The van der Waals surface area contributed by atoms with Crippen molar-refractivity contribution in [3.8, 4) is 17.1 Å². The van der Waals surface area contributed by atoms with Crippen LogP contribution in [0, 0.1) is 0 Å². The number of amides is 2. The summed E-state index contributed by atoms with van der Waals surface area (Å²) in [5.74, 6) is 1.06. The van der Waals surface area contributed by atoms with Crippen LogP contribution in [0.4, 0.5) is 5.69 Å². The van der Waals surface area contributed by atoms with Crippen LogP contribution in [0.2, 0.25) is 0 Å². The number of nitrogens with zero attached hydrogens (tertiary/aromatic N) is 4. The van der Waals surface area contributed by atoms with E-state index in [1.54, 1.807) is 12.1 Å². The molecule has 8 heteroatoms. The lowest BCUT2D eigenvalue weighted by Crippen LogP contribution is -2.44. The van der Waals surface area contributed by atoms with Crippen LogP contribution >= 0.6 is 0 Å². The fourth-order valence-corrected chi connectivity index (χ4v) is 5.80. The predicted octanol–water partition coefficient (Wildman–Crippen LogP) is 5.20. The molecule has 1 N–H and O–H groups in total. The molecule has 2 amide bonds. The van der Waals surface area contributed by atoms with Crippen molar-refractivity contribution in [1.82, 2.24) is 19.8 Å². The highest BCUT2D eigenvalue weighted by Crippen LogP contribution is 2.30. The summed E-state index contributed by atoms with van der Waals surface area (Å²) in [6.07, 6.45) is 0.538. The predicted molar refractivity (Wildman–Crippen MR) is 161 cm³/mol. The minimum absolute atomic E-state index is 0.245. The largest absolute Gasteiger partial charge is 0.494 e. The van der Waals surface area contributed by atoms with Gasteiger partial charge in [0.25, 0.3) is 11.8 Å². The lowest BCUT2D eigenvalue weighted by molar-refractivity contribution is 0.0603. The number of imidazole rings is 1. The number of ether oxygens (including phenoxy) is 1. The van der Waals surface area contributed by atoms with Crippen LogP contribution < -0.4 is 9.64 Å². The summed E-state index contributed by atoms with van der Waals surface area (Å²) in [6.45, 7) is 4.89. The zero-order valence-electron chi connectivity index (χ0n) is 23.0. The summed E-state index contributed by atoms with van der Waals surface area (Å²) in [7, 11) is 2.16. The fraction of sp³-hybridized carbons (Fsp3) is 0.242. The standard InChI is InChI=1S/C33H31N5O3/c1-36-16-18-37(19-17-36)24-11-14-28-29(21-24)35-31(34-28)23-9-12-25(13-10-23)41-20-4-15-38-32(39)26-7-2-5-22-6-3-8-27(30(22)26)33(38)40/h2-3,5-14,21H,4,15-20H2,1H3,(H,34,35). The van der Waals surface area contributed by atoms with Crippen molar-refractivity contribution in [2.75, 3.05) is 51.3 Å². The molecule has 0 spiro atoms. The Hall–Kier alpha value is -4.69. The third kappa shape index (κ3) is 4.70. The summed E-state index contributed by atoms with van der Waals surface area (Å²) in [5.41, 5.74) is 5.33. The lowest BCUT2D eigenvalue weighted by atomic mass is 9.94. The molecule has 0 saturated carbocycles. The Kier molecular flexibility index (Phi) is 6.40. The first kappa shape index (κ1) is 25.3. The van der Waals surface area contributed by atoms with E-state index in [4.69, 9.17) is 9.72 Å². The molecule has 5 aromatic rings. The van der Waals surface area contributed by atoms with Gasteiger partial charge in [-0.05, 0) is 73.5 Å². The first-order valence-corrected chi connectivity index (χ1v) is 14.1. The van der Waals surface area contributed by atoms with Crippen molar-refractivity contribution in [1.29, 1.82) is 0 Å². The van der Waals surface area contributed by atoms with Gasteiger partial charge in [0.2, 0.25) is 0 Å². The molecule has 3 heterocycles. The Balaban J connectivity index is 0.971. The Labute approximate surface area is 238 Å². The quantitative estimate of drug-likeness (QED) is 0.224. The van der Waals surface area contributed by atoms with E-state index >= 15 is 0 Å². The van der Waals surface area contributed by atoms with E-state index in [0.29, 0.717) is 30.7 Å². The first-order valence-electron chi connectivity index (χ1n) is 14.1. The van der Waals surface area contributed by atoms with E-state index in [0.717, 1.165) is 65.1 Å². The van der Waals surface area contributed by atoms with E-state index in [1.165, 1.54) is 10.6 Å². The number of aromatic amines is 1. The van der Waals surface area contributed by atoms with Gasteiger partial charge in [0.1, 0.15) is 11.6 Å². The molecule has 1 saturated heterocycles. The molecule has 0 unspecified atom stereocenters. The van der Waals surface area contributed by atoms with Crippen molar-refractivity contribution in [3.63, 3.8) is 0 Å². The molecule has 1 fully saturated rings. The van der Waals surface area contributed by atoms with Crippen molar-refractivity contribution in [2.45, 2.75) is 6.42 Å². The van der Waals surface area contributed by atoms with Gasteiger partial charge in [0, 0.05) is 60.5 Å². The summed E-state index contributed by atoms with van der Waals surface area (Å²) in [5, 5.41) is 1.66. The smallest absolute Gasteiger partial charge is 0.261 e. The molecule has 7 rings (SSSR count). The molecule has 41 heavy (non-hydrogen) atoms. The van der Waals surface area contributed by atoms with Crippen LogP contribution in [-0.4, -0.2) is 78.0 Å². The fourth-order valence-electron chi connectivity index (χ4n) is 5.80. The van der Waals surface area contributed by atoms with Crippen LogP contribution in [0.25, 0.3) is 33.2 Å². The molecule has 0 aliphatic carbocycles. The van der Waals surface area contributed by atoms with Crippen LogP contribution in [0.1, 0.15) is 27.1 Å². The van der Waals surface area contributed by atoms with Gasteiger partial charge in [-0.1, -0.05) is 24.3 Å². The zero-order valence-corrected chi connectivity index (χ0v) is 23.0. The van der Waals surface area contributed by atoms with Gasteiger partial charge in [-0.2, -0.15) is 0 Å². The molecule has 0 atom stereocenters. The average molecular weight is 546 g/mol. The molecule has 4 aromatic carbocycles. The van der Waals surface area contributed by atoms with E-state index in [9.17, 15) is 9.59 Å². The number of nitrogens with one attached hydrogen (secondary N) is 1. The van der Waals surface area contributed by atoms with Gasteiger partial charge in [0.05, 0.1) is 17.6 Å². The monoisotopic (exact) mass is 545 g/mol. The zero-order chi connectivity index (χ0) is 27.9. The van der Waals surface area contributed by atoms with Crippen molar-refractivity contribution >= 4 is 39.3 Å². The Morgan fingerprint density at radius 3 is 2.27 bits per heavy atom. The maximum atomic E-state index is 13.1. The number of rotatable bonds is 7. The number of imide groups is 1. The highest BCUT2D eigenvalue weighted by Gasteiger charge is 2.32. The maximum Gasteiger partial charge on any atom is 0.261 e. The van der Waals surface area contributed by atoms with E-state index in [2.05, 4.69) is 40.0 Å². The van der Waals surface area contributed by atoms with Gasteiger partial charge in [-0.25, -0.2) is 4.98 Å². The second-order valence-corrected chi connectivity index (χ2v) is 10.8. The summed E-state index contributed by atoms with van der Waals surface area (Å²) in [4.78, 5) is 40.5. The van der Waals surface area contributed by atoms with Gasteiger partial charge < -0.3 is 19.5 Å². The van der Waals surface area contributed by atoms with Crippen LogP contribution in [0.3, 0.4) is 0 Å².